The number of benzene rings is 1. The lowest BCUT2D eigenvalue weighted by molar-refractivity contribution is 0.455. The third kappa shape index (κ3) is 3.42. The monoisotopic (exact) mass is 324 g/mol. The van der Waals surface area contributed by atoms with Gasteiger partial charge in [-0.2, -0.15) is 18.4 Å². The van der Waals surface area contributed by atoms with Gasteiger partial charge in [-0.25, -0.2) is 9.36 Å². The second kappa shape index (κ2) is 5.76. The van der Waals surface area contributed by atoms with Crippen LogP contribution >= 0.6 is 0 Å². The highest BCUT2D eigenvalue weighted by molar-refractivity contribution is 7.86. The van der Waals surface area contributed by atoms with Gasteiger partial charge in [-0.1, -0.05) is 17.7 Å². The molecule has 0 spiro atoms. The van der Waals surface area contributed by atoms with Crippen molar-refractivity contribution in [3.8, 4) is 11.7 Å². The summed E-state index contributed by atoms with van der Waals surface area (Å²) in [6, 6.07) is 4.98. The summed E-state index contributed by atoms with van der Waals surface area (Å²) in [4.78, 5) is 19.9. The van der Waals surface area contributed by atoms with Gasteiger partial charge in [-0.3, -0.25) is 0 Å². The van der Waals surface area contributed by atoms with E-state index in [0.29, 0.717) is 5.69 Å². The molecule has 0 aliphatic rings. The van der Waals surface area contributed by atoms with Crippen LogP contribution in [0.1, 0.15) is 11.1 Å². The molecular weight excluding hydrogens is 308 g/mol. The predicted octanol–water partition coefficient (Wildman–Crippen LogP) is 0.624. The molecule has 1 heterocycles. The Labute approximate surface area is 127 Å². The molecule has 0 fully saturated rings. The molecule has 0 unspecified atom stereocenters. The van der Waals surface area contributed by atoms with Crippen molar-refractivity contribution in [1.82, 2.24) is 14.5 Å². The molecule has 0 saturated carbocycles. The van der Waals surface area contributed by atoms with Crippen LogP contribution in [0.4, 0.5) is 5.95 Å². The number of anilines is 1. The molecule has 0 amide bonds. The zero-order chi connectivity index (χ0) is 16.5. The third-order valence-corrected chi connectivity index (χ3v) is 3.28. The van der Waals surface area contributed by atoms with Crippen molar-refractivity contribution in [2.45, 2.75) is 13.8 Å². The zero-order valence-electron chi connectivity index (χ0n) is 12.6. The topological polar surface area (TPSA) is 103 Å². The van der Waals surface area contributed by atoms with Crippen LogP contribution in [0, 0.1) is 13.8 Å². The summed E-state index contributed by atoms with van der Waals surface area (Å²) in [6.07, 6.45) is 0.880. The van der Waals surface area contributed by atoms with Gasteiger partial charge in [0.05, 0.1) is 11.9 Å². The highest BCUT2D eigenvalue weighted by Crippen LogP contribution is 2.20. The average Bonchev–Trinajstić information content (AvgIpc) is 2.38. The van der Waals surface area contributed by atoms with Gasteiger partial charge in [0.15, 0.2) is 0 Å². The first-order valence-corrected chi connectivity index (χ1v) is 8.19. The van der Waals surface area contributed by atoms with Crippen LogP contribution in [-0.2, 0) is 10.1 Å². The number of rotatable bonds is 4. The first kappa shape index (κ1) is 16.0. The number of hydrogen-bond acceptors (Lipinski definition) is 7. The summed E-state index contributed by atoms with van der Waals surface area (Å²) in [5.41, 5.74) is 1.54. The van der Waals surface area contributed by atoms with Gasteiger partial charge in [-0.05, 0) is 25.5 Å². The van der Waals surface area contributed by atoms with E-state index in [1.807, 2.05) is 13.0 Å². The molecular formula is C13H16N4O4S. The van der Waals surface area contributed by atoms with Gasteiger partial charge < -0.3 is 9.50 Å². The van der Waals surface area contributed by atoms with E-state index in [4.69, 9.17) is 4.18 Å². The third-order valence-electron chi connectivity index (χ3n) is 2.83. The van der Waals surface area contributed by atoms with Crippen LogP contribution in [0.5, 0.6) is 6.01 Å². The standard InChI is InChI=1S/C13H16N4O4S/c1-8-5-6-10(9(2)7-8)17-12(18)15-11(14-3)16-13(17)21-22(4,19)20/h5-7H,1-4H3,(H,14,15,18). The maximum absolute atomic E-state index is 12.2. The van der Waals surface area contributed by atoms with E-state index in [1.54, 1.807) is 19.1 Å². The van der Waals surface area contributed by atoms with Crippen molar-refractivity contribution >= 4 is 16.1 Å². The van der Waals surface area contributed by atoms with Crippen molar-refractivity contribution in [3.05, 3.63) is 39.8 Å². The average molecular weight is 324 g/mol. The van der Waals surface area contributed by atoms with Crippen molar-refractivity contribution < 1.29 is 12.6 Å². The maximum atomic E-state index is 12.2. The Morgan fingerprint density at radius 3 is 2.45 bits per heavy atom. The molecule has 8 nitrogen and oxygen atoms in total. The molecule has 1 aromatic heterocycles. The van der Waals surface area contributed by atoms with Crippen molar-refractivity contribution in [2.24, 2.45) is 0 Å². The first-order chi connectivity index (χ1) is 10.2. The van der Waals surface area contributed by atoms with Crippen molar-refractivity contribution in [3.63, 3.8) is 0 Å². The van der Waals surface area contributed by atoms with E-state index in [2.05, 4.69) is 15.3 Å². The van der Waals surface area contributed by atoms with Gasteiger partial charge in [-0.15, -0.1) is 0 Å². The normalized spacial score (nSPS) is 11.3. The van der Waals surface area contributed by atoms with Gasteiger partial charge in [0.1, 0.15) is 0 Å². The molecule has 1 N–H and O–H groups in total. The fraction of sp³-hybridized carbons (Fsp3) is 0.308. The van der Waals surface area contributed by atoms with E-state index in [-0.39, 0.29) is 12.0 Å². The molecule has 1 aromatic carbocycles. The number of aromatic nitrogens is 3. The molecule has 2 rings (SSSR count). The summed E-state index contributed by atoms with van der Waals surface area (Å²) in [5.74, 6) is -0.0235. The molecule has 0 bridgehead atoms. The van der Waals surface area contributed by atoms with E-state index in [9.17, 15) is 13.2 Å². The van der Waals surface area contributed by atoms with Crippen LogP contribution in [0.15, 0.2) is 23.0 Å². The minimum absolute atomic E-state index is 0.0235. The Balaban J connectivity index is 2.76. The van der Waals surface area contributed by atoms with Crippen molar-refractivity contribution in [1.29, 1.82) is 0 Å². The zero-order valence-corrected chi connectivity index (χ0v) is 13.4. The second-order valence-electron chi connectivity index (χ2n) is 4.78. The fourth-order valence-corrected chi connectivity index (χ4v) is 2.34. The largest absolute Gasteiger partial charge is 0.359 e. The number of hydrogen-bond donors (Lipinski definition) is 1. The number of nitrogens with one attached hydrogen (secondary N) is 1. The van der Waals surface area contributed by atoms with Crippen LogP contribution in [-0.4, -0.2) is 36.3 Å². The van der Waals surface area contributed by atoms with E-state index < -0.39 is 15.8 Å². The molecule has 0 aliphatic heterocycles. The summed E-state index contributed by atoms with van der Waals surface area (Å²) in [6.45, 7) is 3.71. The maximum Gasteiger partial charge on any atom is 0.359 e. The van der Waals surface area contributed by atoms with E-state index >= 15 is 0 Å². The Morgan fingerprint density at radius 2 is 1.91 bits per heavy atom. The van der Waals surface area contributed by atoms with Crippen LogP contribution in [0.3, 0.4) is 0 Å². The van der Waals surface area contributed by atoms with E-state index in [1.165, 1.54) is 7.05 Å². The lowest BCUT2D eigenvalue weighted by Crippen LogP contribution is -2.27. The number of aryl methyl sites for hydroxylation is 2. The van der Waals surface area contributed by atoms with Crippen LogP contribution in [0.2, 0.25) is 0 Å². The highest BCUT2D eigenvalue weighted by atomic mass is 32.2. The smallest absolute Gasteiger partial charge is 0.357 e. The molecule has 0 atom stereocenters. The summed E-state index contributed by atoms with van der Waals surface area (Å²) in [7, 11) is -2.33. The predicted molar refractivity (Wildman–Crippen MR) is 82.1 cm³/mol. The van der Waals surface area contributed by atoms with E-state index in [0.717, 1.165) is 21.9 Å². The number of nitrogens with zero attached hydrogens (tertiary/aromatic N) is 3. The molecule has 0 aliphatic carbocycles. The second-order valence-corrected chi connectivity index (χ2v) is 6.35. The van der Waals surface area contributed by atoms with Crippen LogP contribution in [0.25, 0.3) is 5.69 Å². The molecule has 0 saturated heterocycles. The molecule has 2 aromatic rings. The molecule has 9 heteroatoms. The fourth-order valence-electron chi connectivity index (χ4n) is 1.95. The Kier molecular flexibility index (Phi) is 4.18. The Bertz CT molecular complexity index is 874. The van der Waals surface area contributed by atoms with Crippen LogP contribution < -0.4 is 15.2 Å². The summed E-state index contributed by atoms with van der Waals surface area (Å²) in [5, 5.41) is 2.59. The minimum atomic E-state index is -3.85. The van der Waals surface area contributed by atoms with Gasteiger partial charge in [0.2, 0.25) is 5.95 Å². The SMILES string of the molecule is CNc1nc(OS(C)(=O)=O)n(-c2ccc(C)cc2C)c(=O)n1. The van der Waals surface area contributed by atoms with Gasteiger partial charge in [0.25, 0.3) is 0 Å². The highest BCUT2D eigenvalue weighted by Gasteiger charge is 2.18. The lowest BCUT2D eigenvalue weighted by atomic mass is 10.1. The Hall–Kier alpha value is -2.42. The summed E-state index contributed by atoms with van der Waals surface area (Å²) < 4.78 is 28.7. The molecule has 0 radical (unpaired) electrons. The molecule has 118 valence electrons. The Morgan fingerprint density at radius 1 is 1.23 bits per heavy atom. The molecule has 22 heavy (non-hydrogen) atoms. The van der Waals surface area contributed by atoms with Gasteiger partial charge >= 0.3 is 21.8 Å². The quantitative estimate of drug-likeness (QED) is 0.822. The van der Waals surface area contributed by atoms with Crippen molar-refractivity contribution in [2.75, 3.05) is 18.6 Å². The lowest BCUT2D eigenvalue weighted by Gasteiger charge is -2.14. The minimum Gasteiger partial charge on any atom is -0.357 e. The van der Waals surface area contributed by atoms with Gasteiger partial charge in [0, 0.05) is 7.05 Å². The summed E-state index contributed by atoms with van der Waals surface area (Å²) >= 11 is 0. The first-order valence-electron chi connectivity index (χ1n) is 6.37.